The lowest BCUT2D eigenvalue weighted by atomic mass is 9.82. The normalized spacial score (nSPS) is 30.5. The summed E-state index contributed by atoms with van der Waals surface area (Å²) in [5, 5.41) is 7.73. The van der Waals surface area contributed by atoms with E-state index >= 15 is 0 Å². The number of hydrogen-bond donors (Lipinski definition) is 1. The standard InChI is InChI=1S/C11H12F3N3O2/c12-11(13,14)19-8-3-6(4-8)10-17-16-9(18-10)5-1-7(15)2-5/h1,6-8H,2-4,15H2. The summed E-state index contributed by atoms with van der Waals surface area (Å²) in [5.41, 5.74) is 6.49. The van der Waals surface area contributed by atoms with Crippen LogP contribution >= 0.6 is 0 Å². The summed E-state index contributed by atoms with van der Waals surface area (Å²) in [4.78, 5) is 0. The van der Waals surface area contributed by atoms with Crippen molar-refractivity contribution in [1.29, 1.82) is 0 Å². The zero-order chi connectivity index (χ0) is 13.6. The second kappa shape index (κ2) is 4.31. The molecule has 104 valence electrons. The topological polar surface area (TPSA) is 74.2 Å². The molecule has 1 aromatic heterocycles. The van der Waals surface area contributed by atoms with Crippen LogP contribution < -0.4 is 5.73 Å². The van der Waals surface area contributed by atoms with Crippen LogP contribution in [0.1, 0.15) is 37.0 Å². The lowest BCUT2D eigenvalue weighted by Crippen LogP contribution is -2.34. The van der Waals surface area contributed by atoms with Gasteiger partial charge in [-0.25, -0.2) is 0 Å². The summed E-state index contributed by atoms with van der Waals surface area (Å²) in [7, 11) is 0. The van der Waals surface area contributed by atoms with E-state index in [0.717, 1.165) is 5.57 Å². The average Bonchev–Trinajstić information content (AvgIpc) is 2.65. The van der Waals surface area contributed by atoms with Crippen LogP contribution in [0.2, 0.25) is 0 Å². The molecule has 8 heteroatoms. The Kier molecular flexibility index (Phi) is 2.86. The molecule has 2 aliphatic carbocycles. The third kappa shape index (κ3) is 2.64. The third-order valence-electron chi connectivity index (χ3n) is 3.33. The van der Waals surface area contributed by atoms with Crippen LogP contribution in [-0.4, -0.2) is 28.7 Å². The minimum absolute atomic E-state index is 0.0265. The molecular formula is C11H12F3N3O2. The Morgan fingerprint density at radius 2 is 2.00 bits per heavy atom. The highest BCUT2D eigenvalue weighted by Crippen LogP contribution is 2.41. The Morgan fingerprint density at radius 1 is 1.32 bits per heavy atom. The molecule has 0 aromatic carbocycles. The van der Waals surface area contributed by atoms with Crippen LogP contribution in [-0.2, 0) is 4.74 Å². The Balaban J connectivity index is 1.56. The van der Waals surface area contributed by atoms with Gasteiger partial charge >= 0.3 is 6.36 Å². The van der Waals surface area contributed by atoms with E-state index in [-0.39, 0.29) is 24.8 Å². The van der Waals surface area contributed by atoms with Crippen LogP contribution in [0.3, 0.4) is 0 Å². The van der Waals surface area contributed by atoms with Gasteiger partial charge in [0.2, 0.25) is 11.8 Å². The summed E-state index contributed by atoms with van der Waals surface area (Å²) in [6.07, 6.45) is -2.38. The van der Waals surface area contributed by atoms with Crippen molar-refractivity contribution in [2.45, 2.75) is 43.7 Å². The Morgan fingerprint density at radius 3 is 2.58 bits per heavy atom. The van der Waals surface area contributed by atoms with E-state index in [1.54, 1.807) is 0 Å². The lowest BCUT2D eigenvalue weighted by molar-refractivity contribution is -0.352. The number of rotatable bonds is 3. The molecule has 19 heavy (non-hydrogen) atoms. The molecule has 0 saturated heterocycles. The molecule has 3 rings (SSSR count). The maximum atomic E-state index is 12.0. The summed E-state index contributed by atoms with van der Waals surface area (Å²) in [5.74, 6) is 0.637. The number of ether oxygens (including phenoxy) is 1. The van der Waals surface area contributed by atoms with Crippen molar-refractivity contribution in [3.8, 4) is 0 Å². The molecule has 0 amide bonds. The second-order valence-corrected chi connectivity index (χ2v) is 4.86. The van der Waals surface area contributed by atoms with E-state index in [9.17, 15) is 13.2 Å². The number of hydrogen-bond acceptors (Lipinski definition) is 5. The van der Waals surface area contributed by atoms with Gasteiger partial charge in [0.05, 0.1) is 6.10 Å². The fraction of sp³-hybridized carbons (Fsp3) is 0.636. The second-order valence-electron chi connectivity index (χ2n) is 4.86. The maximum absolute atomic E-state index is 12.0. The Hall–Kier alpha value is -1.41. The van der Waals surface area contributed by atoms with Gasteiger partial charge in [-0.1, -0.05) is 6.08 Å². The summed E-state index contributed by atoms with van der Waals surface area (Å²) in [6.45, 7) is 0. The van der Waals surface area contributed by atoms with Crippen LogP contribution in [0.15, 0.2) is 10.5 Å². The summed E-state index contributed by atoms with van der Waals surface area (Å²) >= 11 is 0. The van der Waals surface area contributed by atoms with Crippen LogP contribution in [0.4, 0.5) is 13.2 Å². The van der Waals surface area contributed by atoms with Crippen molar-refractivity contribution in [2.24, 2.45) is 5.73 Å². The molecule has 0 aliphatic heterocycles. The quantitative estimate of drug-likeness (QED) is 0.912. The molecule has 2 aliphatic rings. The largest absolute Gasteiger partial charge is 0.522 e. The number of alkyl halides is 3. The first-order valence-corrected chi connectivity index (χ1v) is 5.95. The van der Waals surface area contributed by atoms with Gasteiger partial charge in [-0.3, -0.25) is 4.74 Å². The maximum Gasteiger partial charge on any atom is 0.522 e. The third-order valence-corrected chi connectivity index (χ3v) is 3.33. The molecule has 1 unspecified atom stereocenters. The van der Waals surface area contributed by atoms with E-state index in [0.29, 0.717) is 18.2 Å². The van der Waals surface area contributed by atoms with Gasteiger partial charge in [0, 0.05) is 17.5 Å². The first-order chi connectivity index (χ1) is 8.90. The molecule has 0 bridgehead atoms. The minimum atomic E-state index is -4.58. The fourth-order valence-electron chi connectivity index (χ4n) is 2.22. The van der Waals surface area contributed by atoms with Gasteiger partial charge in [0.15, 0.2) is 0 Å². The minimum Gasteiger partial charge on any atom is -0.421 e. The van der Waals surface area contributed by atoms with Crippen LogP contribution in [0, 0.1) is 0 Å². The predicted molar refractivity (Wildman–Crippen MR) is 57.8 cm³/mol. The van der Waals surface area contributed by atoms with E-state index in [1.807, 2.05) is 6.08 Å². The molecule has 0 radical (unpaired) electrons. The van der Waals surface area contributed by atoms with Gasteiger partial charge < -0.3 is 10.2 Å². The van der Waals surface area contributed by atoms with E-state index in [1.165, 1.54) is 0 Å². The van der Waals surface area contributed by atoms with E-state index < -0.39 is 12.5 Å². The molecule has 0 spiro atoms. The van der Waals surface area contributed by atoms with Crippen LogP contribution in [0.25, 0.3) is 5.57 Å². The van der Waals surface area contributed by atoms with Crippen LogP contribution in [0.5, 0.6) is 0 Å². The molecular weight excluding hydrogens is 263 g/mol. The SMILES string of the molecule is NC1C=C(c2nnc(C3CC(OC(F)(F)F)C3)o2)C1. The molecule has 1 aromatic rings. The van der Waals surface area contributed by atoms with Gasteiger partial charge in [0.25, 0.3) is 0 Å². The van der Waals surface area contributed by atoms with E-state index in [4.69, 9.17) is 10.2 Å². The van der Waals surface area contributed by atoms with Gasteiger partial charge in [-0.2, -0.15) is 0 Å². The monoisotopic (exact) mass is 275 g/mol. The zero-order valence-electron chi connectivity index (χ0n) is 9.85. The van der Waals surface area contributed by atoms with Crippen molar-refractivity contribution >= 4 is 5.57 Å². The van der Waals surface area contributed by atoms with Crippen molar-refractivity contribution in [3.05, 3.63) is 17.9 Å². The van der Waals surface area contributed by atoms with Gasteiger partial charge in [-0.05, 0) is 19.3 Å². The molecule has 1 atom stereocenters. The van der Waals surface area contributed by atoms with Crippen molar-refractivity contribution in [2.75, 3.05) is 0 Å². The Bertz CT molecular complexity index is 506. The van der Waals surface area contributed by atoms with Gasteiger partial charge in [0.1, 0.15) is 0 Å². The van der Waals surface area contributed by atoms with Crippen molar-refractivity contribution < 1.29 is 22.3 Å². The molecule has 1 saturated carbocycles. The lowest BCUT2D eigenvalue weighted by Gasteiger charge is -2.32. The Labute approximate surface area is 106 Å². The summed E-state index contributed by atoms with van der Waals surface area (Å²) in [6, 6.07) is 0.0265. The average molecular weight is 275 g/mol. The zero-order valence-corrected chi connectivity index (χ0v) is 9.85. The smallest absolute Gasteiger partial charge is 0.421 e. The number of aromatic nitrogens is 2. The van der Waals surface area contributed by atoms with Gasteiger partial charge in [-0.15, -0.1) is 23.4 Å². The highest BCUT2D eigenvalue weighted by atomic mass is 19.4. The molecule has 1 heterocycles. The summed E-state index contributed by atoms with van der Waals surface area (Å²) < 4.78 is 45.2. The first-order valence-electron chi connectivity index (χ1n) is 5.95. The van der Waals surface area contributed by atoms with E-state index in [2.05, 4.69) is 14.9 Å². The number of nitrogens with two attached hydrogens (primary N) is 1. The number of halogens is 3. The number of nitrogens with zero attached hydrogens (tertiary/aromatic N) is 2. The predicted octanol–water partition coefficient (Wildman–Crippen LogP) is 1.97. The molecule has 1 fully saturated rings. The first kappa shape index (κ1) is 12.6. The highest BCUT2D eigenvalue weighted by molar-refractivity contribution is 5.65. The molecule has 5 nitrogen and oxygen atoms in total. The van der Waals surface area contributed by atoms with Crippen molar-refractivity contribution in [3.63, 3.8) is 0 Å². The van der Waals surface area contributed by atoms with Crippen molar-refractivity contribution in [1.82, 2.24) is 10.2 Å². The molecule has 2 N–H and O–H groups in total. The fourth-order valence-corrected chi connectivity index (χ4v) is 2.22. The highest BCUT2D eigenvalue weighted by Gasteiger charge is 2.42.